The summed E-state index contributed by atoms with van der Waals surface area (Å²) < 4.78 is 36.1. The molecule has 0 bridgehead atoms. The van der Waals surface area contributed by atoms with E-state index in [0.717, 1.165) is 4.90 Å². The lowest BCUT2D eigenvalue weighted by atomic mass is 10.0. The van der Waals surface area contributed by atoms with E-state index in [9.17, 15) is 18.0 Å². The van der Waals surface area contributed by atoms with Gasteiger partial charge in [0.25, 0.3) is 0 Å². The van der Waals surface area contributed by atoms with Gasteiger partial charge in [-0.3, -0.25) is 4.79 Å². The standard InChI is InChI=1S/C8H13F3N2O/c1-2-13(5-8(9,10)11)7(14)6-3-12-4-6/h6,12H,2-5H2,1H3. The molecule has 0 spiro atoms. The summed E-state index contributed by atoms with van der Waals surface area (Å²) >= 11 is 0. The lowest BCUT2D eigenvalue weighted by Crippen LogP contribution is -2.53. The first-order chi connectivity index (χ1) is 6.44. The molecule has 0 atom stereocenters. The van der Waals surface area contributed by atoms with Crippen LogP contribution in [-0.4, -0.2) is 43.2 Å². The monoisotopic (exact) mass is 210 g/mol. The number of alkyl halides is 3. The summed E-state index contributed by atoms with van der Waals surface area (Å²) in [6, 6.07) is 0. The van der Waals surface area contributed by atoms with Gasteiger partial charge < -0.3 is 10.2 Å². The number of carbonyl (C=O) groups is 1. The summed E-state index contributed by atoms with van der Waals surface area (Å²) in [5.41, 5.74) is 0. The van der Waals surface area contributed by atoms with Crippen LogP contribution in [0.15, 0.2) is 0 Å². The van der Waals surface area contributed by atoms with Gasteiger partial charge in [0.2, 0.25) is 5.91 Å². The van der Waals surface area contributed by atoms with Crippen molar-refractivity contribution in [1.82, 2.24) is 10.2 Å². The van der Waals surface area contributed by atoms with Crippen molar-refractivity contribution in [3.05, 3.63) is 0 Å². The predicted octanol–water partition coefficient (Wildman–Crippen LogP) is 0.617. The van der Waals surface area contributed by atoms with Crippen LogP contribution in [0.5, 0.6) is 0 Å². The molecule has 1 amide bonds. The van der Waals surface area contributed by atoms with Crippen LogP contribution >= 0.6 is 0 Å². The summed E-state index contributed by atoms with van der Waals surface area (Å²) in [7, 11) is 0. The van der Waals surface area contributed by atoms with Gasteiger partial charge in [0, 0.05) is 19.6 Å². The van der Waals surface area contributed by atoms with Crippen molar-refractivity contribution in [3.8, 4) is 0 Å². The number of rotatable bonds is 3. The maximum Gasteiger partial charge on any atom is 0.406 e. The molecule has 1 heterocycles. The van der Waals surface area contributed by atoms with Crippen LogP contribution in [0.4, 0.5) is 13.2 Å². The maximum absolute atomic E-state index is 12.0. The molecule has 0 aromatic carbocycles. The fourth-order valence-corrected chi connectivity index (χ4v) is 1.28. The summed E-state index contributed by atoms with van der Waals surface area (Å²) in [6.07, 6.45) is -4.30. The minimum Gasteiger partial charge on any atom is -0.334 e. The number of nitrogens with one attached hydrogen (secondary N) is 1. The molecular weight excluding hydrogens is 197 g/mol. The number of halogens is 3. The molecule has 0 radical (unpaired) electrons. The highest BCUT2D eigenvalue weighted by molar-refractivity contribution is 5.80. The Labute approximate surface area is 80.3 Å². The molecule has 82 valence electrons. The average Bonchev–Trinajstić information content (AvgIpc) is 1.94. The van der Waals surface area contributed by atoms with Gasteiger partial charge in [0.05, 0.1) is 5.92 Å². The lowest BCUT2D eigenvalue weighted by molar-refractivity contribution is -0.164. The molecule has 0 aliphatic carbocycles. The van der Waals surface area contributed by atoms with Crippen molar-refractivity contribution in [2.45, 2.75) is 13.1 Å². The molecule has 0 aromatic heterocycles. The van der Waals surface area contributed by atoms with Crippen molar-refractivity contribution >= 4 is 5.91 Å². The fourth-order valence-electron chi connectivity index (χ4n) is 1.28. The van der Waals surface area contributed by atoms with E-state index in [2.05, 4.69) is 5.32 Å². The van der Waals surface area contributed by atoms with Gasteiger partial charge in [0.15, 0.2) is 0 Å². The number of amides is 1. The molecule has 0 aromatic rings. The third-order valence-electron chi connectivity index (χ3n) is 2.19. The normalized spacial score (nSPS) is 17.7. The number of carbonyl (C=O) groups excluding carboxylic acids is 1. The zero-order valence-electron chi connectivity index (χ0n) is 7.90. The van der Waals surface area contributed by atoms with Crippen LogP contribution in [0, 0.1) is 5.92 Å². The fraction of sp³-hybridized carbons (Fsp3) is 0.875. The second-order valence-corrected chi connectivity index (χ2v) is 3.32. The zero-order chi connectivity index (χ0) is 10.8. The van der Waals surface area contributed by atoms with Gasteiger partial charge in [-0.15, -0.1) is 0 Å². The quantitative estimate of drug-likeness (QED) is 0.740. The Hall–Kier alpha value is -0.780. The zero-order valence-corrected chi connectivity index (χ0v) is 7.90. The van der Waals surface area contributed by atoms with Crippen LogP contribution < -0.4 is 5.32 Å². The Morgan fingerprint density at radius 2 is 2.07 bits per heavy atom. The van der Waals surface area contributed by atoms with Gasteiger partial charge >= 0.3 is 6.18 Å². The second-order valence-electron chi connectivity index (χ2n) is 3.32. The van der Waals surface area contributed by atoms with Crippen molar-refractivity contribution in [3.63, 3.8) is 0 Å². The molecule has 0 saturated carbocycles. The number of hydrogen-bond acceptors (Lipinski definition) is 2. The molecule has 1 N–H and O–H groups in total. The Bertz CT molecular complexity index is 213. The molecule has 1 saturated heterocycles. The minimum atomic E-state index is -4.30. The van der Waals surface area contributed by atoms with Gasteiger partial charge in [-0.2, -0.15) is 13.2 Å². The van der Waals surface area contributed by atoms with Crippen LogP contribution in [0.25, 0.3) is 0 Å². The topological polar surface area (TPSA) is 32.3 Å². The lowest BCUT2D eigenvalue weighted by Gasteiger charge is -2.32. The Morgan fingerprint density at radius 3 is 2.36 bits per heavy atom. The van der Waals surface area contributed by atoms with E-state index >= 15 is 0 Å². The molecule has 1 fully saturated rings. The first-order valence-corrected chi connectivity index (χ1v) is 4.50. The number of nitrogens with zero attached hydrogens (tertiary/aromatic N) is 1. The van der Waals surface area contributed by atoms with E-state index in [1.54, 1.807) is 6.92 Å². The first kappa shape index (κ1) is 11.3. The van der Waals surface area contributed by atoms with E-state index in [1.807, 2.05) is 0 Å². The molecule has 0 unspecified atom stereocenters. The van der Waals surface area contributed by atoms with Gasteiger partial charge in [-0.1, -0.05) is 0 Å². The summed E-state index contributed by atoms with van der Waals surface area (Å²) in [6.45, 7) is 1.50. The molecule has 1 aliphatic heterocycles. The summed E-state index contributed by atoms with van der Waals surface area (Å²) in [5, 5.41) is 2.86. The highest BCUT2D eigenvalue weighted by atomic mass is 19.4. The third kappa shape index (κ3) is 2.87. The van der Waals surface area contributed by atoms with Gasteiger partial charge in [-0.05, 0) is 6.92 Å². The van der Waals surface area contributed by atoms with Crippen molar-refractivity contribution < 1.29 is 18.0 Å². The second kappa shape index (κ2) is 4.16. The number of hydrogen-bond donors (Lipinski definition) is 1. The van der Waals surface area contributed by atoms with E-state index in [4.69, 9.17) is 0 Å². The summed E-state index contributed by atoms with van der Waals surface area (Å²) in [4.78, 5) is 12.3. The third-order valence-corrected chi connectivity index (χ3v) is 2.19. The highest BCUT2D eigenvalue weighted by Gasteiger charge is 2.36. The molecule has 14 heavy (non-hydrogen) atoms. The van der Waals surface area contributed by atoms with Gasteiger partial charge in [-0.25, -0.2) is 0 Å². The van der Waals surface area contributed by atoms with Crippen molar-refractivity contribution in [2.75, 3.05) is 26.2 Å². The van der Waals surface area contributed by atoms with E-state index in [1.165, 1.54) is 0 Å². The van der Waals surface area contributed by atoms with Crippen LogP contribution in [0.3, 0.4) is 0 Å². The Kier molecular flexibility index (Phi) is 3.36. The van der Waals surface area contributed by atoms with Crippen molar-refractivity contribution in [2.24, 2.45) is 5.92 Å². The molecule has 6 heteroatoms. The summed E-state index contributed by atoms with van der Waals surface area (Å²) in [5.74, 6) is -0.666. The Morgan fingerprint density at radius 1 is 1.50 bits per heavy atom. The van der Waals surface area contributed by atoms with E-state index < -0.39 is 18.6 Å². The predicted molar refractivity (Wildman–Crippen MR) is 44.7 cm³/mol. The van der Waals surface area contributed by atoms with Crippen LogP contribution in [0.1, 0.15) is 6.92 Å². The molecule has 1 rings (SSSR count). The van der Waals surface area contributed by atoms with Crippen LogP contribution in [0.2, 0.25) is 0 Å². The molecule has 3 nitrogen and oxygen atoms in total. The van der Waals surface area contributed by atoms with Crippen molar-refractivity contribution in [1.29, 1.82) is 0 Å². The maximum atomic E-state index is 12.0. The average molecular weight is 210 g/mol. The largest absolute Gasteiger partial charge is 0.406 e. The first-order valence-electron chi connectivity index (χ1n) is 4.50. The minimum absolute atomic E-state index is 0.106. The van der Waals surface area contributed by atoms with Crippen LogP contribution in [-0.2, 0) is 4.79 Å². The smallest absolute Gasteiger partial charge is 0.334 e. The van der Waals surface area contributed by atoms with E-state index in [0.29, 0.717) is 13.1 Å². The molecule has 1 aliphatic rings. The highest BCUT2D eigenvalue weighted by Crippen LogP contribution is 2.18. The Balaban J connectivity index is 2.48. The van der Waals surface area contributed by atoms with Gasteiger partial charge in [0.1, 0.15) is 6.54 Å². The molecular formula is C8H13F3N2O. The van der Waals surface area contributed by atoms with E-state index in [-0.39, 0.29) is 12.5 Å². The SMILES string of the molecule is CCN(CC(F)(F)F)C(=O)C1CNC1.